The van der Waals surface area contributed by atoms with Gasteiger partial charge < -0.3 is 5.84 Å². The Kier molecular flexibility index (Phi) is 6.40. The predicted octanol–water partition coefficient (Wildman–Crippen LogP) is 2.52. The van der Waals surface area contributed by atoms with Gasteiger partial charge in [-0.25, -0.2) is 4.68 Å². The number of carbonyl (C=O) groups excluding carboxylic acids is 2. The van der Waals surface area contributed by atoms with Gasteiger partial charge in [0, 0.05) is 16.1 Å². The van der Waals surface area contributed by atoms with Crippen LogP contribution in [-0.2, 0) is 4.79 Å². The summed E-state index contributed by atoms with van der Waals surface area (Å²) >= 11 is 13.1. The van der Waals surface area contributed by atoms with Crippen molar-refractivity contribution in [2.45, 2.75) is 5.16 Å². The number of rotatable bonds is 5. The number of thioether (sulfide) groups is 1. The third kappa shape index (κ3) is 4.75. The number of halogens is 2. The van der Waals surface area contributed by atoms with Crippen molar-refractivity contribution in [1.29, 1.82) is 0 Å². The predicted molar refractivity (Wildman–Crippen MR) is 108 cm³/mol. The number of hydrazine groups is 1. The molecule has 2 aromatic carbocycles. The number of benzene rings is 2. The van der Waals surface area contributed by atoms with Crippen LogP contribution in [0.2, 0.25) is 10.0 Å². The number of amides is 2. The van der Waals surface area contributed by atoms with Gasteiger partial charge in [0.05, 0.1) is 10.8 Å². The summed E-state index contributed by atoms with van der Waals surface area (Å²) in [6.07, 6.45) is 0. The minimum atomic E-state index is -0.427. The molecular weight excluding hydrogens is 423 g/mol. The summed E-state index contributed by atoms with van der Waals surface area (Å²) in [5.41, 5.74) is 5.66. The number of nitrogens with two attached hydrogens (primary N) is 1. The molecule has 0 saturated heterocycles. The van der Waals surface area contributed by atoms with Gasteiger partial charge in [0.2, 0.25) is 11.1 Å². The van der Waals surface area contributed by atoms with Crippen LogP contribution in [0.25, 0.3) is 11.4 Å². The molecule has 0 aliphatic carbocycles. The van der Waals surface area contributed by atoms with E-state index in [1.54, 1.807) is 48.5 Å². The smallest absolute Gasteiger partial charge is 0.269 e. The van der Waals surface area contributed by atoms with Gasteiger partial charge in [0.1, 0.15) is 0 Å². The fraction of sp³-hybridized carbons (Fsp3) is 0.0588. The van der Waals surface area contributed by atoms with E-state index in [0.29, 0.717) is 32.2 Å². The average molecular weight is 437 g/mol. The van der Waals surface area contributed by atoms with E-state index in [-0.39, 0.29) is 5.75 Å². The Morgan fingerprint density at radius 1 is 1.07 bits per heavy atom. The van der Waals surface area contributed by atoms with Crippen molar-refractivity contribution in [3.05, 3.63) is 64.1 Å². The highest BCUT2D eigenvalue weighted by Crippen LogP contribution is 2.30. The lowest BCUT2D eigenvalue weighted by molar-refractivity contribution is -0.119. The minimum absolute atomic E-state index is 0.0290. The van der Waals surface area contributed by atoms with Gasteiger partial charge in [-0.1, -0.05) is 53.2 Å². The SMILES string of the molecule is Nn1c(SCC(=O)NNC(=O)c2ccccc2)nnc1-c1ccc(Cl)cc1Cl. The molecule has 11 heteroatoms. The third-order valence-electron chi connectivity index (χ3n) is 3.52. The highest BCUT2D eigenvalue weighted by molar-refractivity contribution is 7.99. The zero-order chi connectivity index (χ0) is 20.1. The van der Waals surface area contributed by atoms with Gasteiger partial charge >= 0.3 is 0 Å². The van der Waals surface area contributed by atoms with Crippen LogP contribution in [0.3, 0.4) is 0 Å². The molecule has 28 heavy (non-hydrogen) atoms. The number of aromatic nitrogens is 3. The molecule has 0 bridgehead atoms. The standard InChI is InChI=1S/C17H14Cl2N6O2S/c18-11-6-7-12(13(19)8-11)15-22-24-17(25(15)20)28-9-14(26)21-23-16(27)10-4-2-1-3-5-10/h1-8H,9,20H2,(H,21,26)(H,23,27). The number of nitrogens with one attached hydrogen (secondary N) is 2. The lowest BCUT2D eigenvalue weighted by atomic mass is 10.2. The summed E-state index contributed by atoms with van der Waals surface area (Å²) in [6, 6.07) is 13.4. The van der Waals surface area contributed by atoms with Crippen LogP contribution in [0.5, 0.6) is 0 Å². The molecule has 3 rings (SSSR count). The molecule has 0 saturated carbocycles. The van der Waals surface area contributed by atoms with Crippen molar-refractivity contribution >= 4 is 46.8 Å². The largest absolute Gasteiger partial charge is 0.335 e. The van der Waals surface area contributed by atoms with E-state index in [0.717, 1.165) is 11.8 Å². The molecule has 0 aliphatic rings. The summed E-state index contributed by atoms with van der Waals surface area (Å²) < 4.78 is 1.23. The first-order chi connectivity index (χ1) is 13.5. The van der Waals surface area contributed by atoms with E-state index in [4.69, 9.17) is 29.0 Å². The van der Waals surface area contributed by atoms with Gasteiger partial charge in [-0.3, -0.25) is 20.4 Å². The molecule has 0 radical (unpaired) electrons. The second-order valence-corrected chi connectivity index (χ2v) is 7.24. The molecule has 144 valence electrons. The van der Waals surface area contributed by atoms with Crippen LogP contribution in [0.1, 0.15) is 10.4 Å². The van der Waals surface area contributed by atoms with Crippen molar-refractivity contribution < 1.29 is 9.59 Å². The molecule has 1 heterocycles. The average Bonchev–Trinajstić information content (AvgIpc) is 3.05. The summed E-state index contributed by atoms with van der Waals surface area (Å²) in [6.45, 7) is 0. The molecule has 2 amide bonds. The Labute approximate surface area is 174 Å². The number of hydrogen-bond acceptors (Lipinski definition) is 6. The molecule has 0 spiro atoms. The molecule has 4 N–H and O–H groups in total. The summed E-state index contributed by atoms with van der Waals surface area (Å²) in [5.74, 6) is 5.47. The number of nitrogens with zero attached hydrogens (tertiary/aromatic N) is 3. The molecule has 0 atom stereocenters. The Bertz CT molecular complexity index is 1010. The fourth-order valence-electron chi connectivity index (χ4n) is 2.18. The molecular formula is C17H14Cl2N6O2S. The van der Waals surface area contributed by atoms with Crippen molar-refractivity contribution in [3.8, 4) is 11.4 Å². The van der Waals surface area contributed by atoms with Crippen LogP contribution in [0, 0.1) is 0 Å². The van der Waals surface area contributed by atoms with Crippen molar-refractivity contribution in [3.63, 3.8) is 0 Å². The lowest BCUT2D eigenvalue weighted by Gasteiger charge is -2.07. The summed E-state index contributed by atoms with van der Waals surface area (Å²) in [7, 11) is 0. The van der Waals surface area contributed by atoms with E-state index in [9.17, 15) is 9.59 Å². The Morgan fingerprint density at radius 3 is 2.54 bits per heavy atom. The maximum atomic E-state index is 12.0. The summed E-state index contributed by atoms with van der Waals surface area (Å²) in [5, 5.41) is 9.15. The first-order valence-corrected chi connectivity index (χ1v) is 9.63. The van der Waals surface area contributed by atoms with E-state index < -0.39 is 11.8 Å². The molecule has 3 aromatic rings. The molecule has 0 unspecified atom stereocenters. The minimum Gasteiger partial charge on any atom is -0.335 e. The second-order valence-electron chi connectivity index (χ2n) is 5.46. The Hall–Kier alpha value is -2.75. The van der Waals surface area contributed by atoms with Gasteiger partial charge in [-0.15, -0.1) is 10.2 Å². The van der Waals surface area contributed by atoms with Gasteiger partial charge in [-0.05, 0) is 30.3 Å². The van der Waals surface area contributed by atoms with E-state index in [1.807, 2.05) is 0 Å². The fourth-order valence-corrected chi connectivity index (χ4v) is 3.33. The van der Waals surface area contributed by atoms with E-state index in [1.165, 1.54) is 4.68 Å². The third-order valence-corrected chi connectivity index (χ3v) is 5.01. The van der Waals surface area contributed by atoms with Crippen molar-refractivity contribution in [2.24, 2.45) is 0 Å². The monoisotopic (exact) mass is 436 g/mol. The van der Waals surface area contributed by atoms with E-state index in [2.05, 4.69) is 21.0 Å². The Balaban J connectivity index is 1.57. The first-order valence-electron chi connectivity index (χ1n) is 7.88. The normalized spacial score (nSPS) is 10.5. The van der Waals surface area contributed by atoms with Crippen molar-refractivity contribution in [2.75, 3.05) is 11.6 Å². The van der Waals surface area contributed by atoms with Crippen LogP contribution in [0.15, 0.2) is 53.7 Å². The molecule has 0 fully saturated rings. The van der Waals surface area contributed by atoms with Crippen molar-refractivity contribution in [1.82, 2.24) is 25.7 Å². The Morgan fingerprint density at radius 2 is 1.82 bits per heavy atom. The zero-order valence-electron chi connectivity index (χ0n) is 14.2. The maximum Gasteiger partial charge on any atom is 0.269 e. The highest BCUT2D eigenvalue weighted by atomic mass is 35.5. The number of hydrogen-bond donors (Lipinski definition) is 3. The molecule has 0 aliphatic heterocycles. The van der Waals surface area contributed by atoms with E-state index >= 15 is 0 Å². The van der Waals surface area contributed by atoms with Gasteiger partial charge in [0.15, 0.2) is 5.82 Å². The van der Waals surface area contributed by atoms with Crippen LogP contribution in [0.4, 0.5) is 0 Å². The van der Waals surface area contributed by atoms with Gasteiger partial charge in [0.25, 0.3) is 5.91 Å². The lowest BCUT2D eigenvalue weighted by Crippen LogP contribution is -2.42. The van der Waals surface area contributed by atoms with Crippen LogP contribution < -0.4 is 16.7 Å². The molecule has 8 nitrogen and oxygen atoms in total. The first kappa shape index (κ1) is 20.0. The number of carbonyl (C=O) groups is 2. The maximum absolute atomic E-state index is 12.0. The van der Waals surface area contributed by atoms with Crippen LogP contribution >= 0.6 is 35.0 Å². The van der Waals surface area contributed by atoms with Gasteiger partial charge in [-0.2, -0.15) is 0 Å². The summed E-state index contributed by atoms with van der Waals surface area (Å²) in [4.78, 5) is 23.8. The topological polar surface area (TPSA) is 115 Å². The van der Waals surface area contributed by atoms with Crippen LogP contribution in [-0.4, -0.2) is 32.4 Å². The molecule has 1 aromatic heterocycles. The number of nitrogen functional groups attached to an aromatic ring is 1. The highest BCUT2D eigenvalue weighted by Gasteiger charge is 2.16. The zero-order valence-corrected chi connectivity index (χ0v) is 16.6. The second kappa shape index (κ2) is 8.96. The quantitative estimate of drug-likeness (QED) is 0.321.